The van der Waals surface area contributed by atoms with Crippen molar-refractivity contribution < 1.29 is 13.2 Å². The highest BCUT2D eigenvalue weighted by molar-refractivity contribution is 7.89. The fourth-order valence-corrected chi connectivity index (χ4v) is 3.83. The lowest BCUT2D eigenvalue weighted by molar-refractivity contribution is -0.133. The van der Waals surface area contributed by atoms with E-state index in [1.54, 1.807) is 36.2 Å². The van der Waals surface area contributed by atoms with E-state index in [1.807, 2.05) is 6.92 Å². The summed E-state index contributed by atoms with van der Waals surface area (Å²) in [6.45, 7) is 2.44. The van der Waals surface area contributed by atoms with Gasteiger partial charge in [-0.15, -0.1) is 0 Å². The second-order valence-electron chi connectivity index (χ2n) is 6.24. The molecule has 0 aliphatic heterocycles. The summed E-state index contributed by atoms with van der Waals surface area (Å²) in [4.78, 5) is 14.1. The van der Waals surface area contributed by atoms with Crippen molar-refractivity contribution in [2.24, 2.45) is 11.7 Å². The van der Waals surface area contributed by atoms with Crippen LogP contribution in [0.25, 0.3) is 0 Å². The summed E-state index contributed by atoms with van der Waals surface area (Å²) in [7, 11) is -1.83. The summed E-state index contributed by atoms with van der Waals surface area (Å²) >= 11 is 0. The van der Waals surface area contributed by atoms with Crippen LogP contribution >= 0.6 is 0 Å². The van der Waals surface area contributed by atoms with Crippen LogP contribution in [0.5, 0.6) is 0 Å². The molecule has 0 heterocycles. The predicted octanol–water partition coefficient (Wildman–Crippen LogP) is 0.859. The Kier molecular flexibility index (Phi) is 5.78. The summed E-state index contributed by atoms with van der Waals surface area (Å²) in [5, 5.41) is 0. The quantitative estimate of drug-likeness (QED) is 0.804. The van der Waals surface area contributed by atoms with Crippen molar-refractivity contribution >= 4 is 15.9 Å². The first-order valence-electron chi connectivity index (χ1n) is 7.86. The second kappa shape index (κ2) is 7.42. The van der Waals surface area contributed by atoms with E-state index in [0.29, 0.717) is 6.54 Å². The molecule has 1 amide bonds. The minimum absolute atomic E-state index is 0.0243. The molecule has 1 fully saturated rings. The smallest absolute Gasteiger partial charge is 0.240 e. The Bertz CT molecular complexity index is 643. The van der Waals surface area contributed by atoms with Crippen molar-refractivity contribution in [1.29, 1.82) is 0 Å². The lowest BCUT2D eigenvalue weighted by Crippen LogP contribution is -2.38. The molecule has 2 unspecified atom stereocenters. The Labute approximate surface area is 138 Å². The monoisotopic (exact) mass is 339 g/mol. The van der Waals surface area contributed by atoms with Gasteiger partial charge in [0.05, 0.1) is 4.90 Å². The summed E-state index contributed by atoms with van der Waals surface area (Å²) in [5.41, 5.74) is 6.84. The molecule has 0 spiro atoms. The maximum absolute atomic E-state index is 12.2. The average Bonchev–Trinajstić information content (AvgIpc) is 2.93. The normalized spacial score (nSPS) is 21.3. The Morgan fingerprint density at radius 2 is 1.96 bits per heavy atom. The Morgan fingerprint density at radius 3 is 2.52 bits per heavy atom. The van der Waals surface area contributed by atoms with Crippen molar-refractivity contribution in [2.75, 3.05) is 20.1 Å². The maximum atomic E-state index is 12.2. The van der Waals surface area contributed by atoms with E-state index in [9.17, 15) is 13.2 Å². The van der Waals surface area contributed by atoms with Gasteiger partial charge in [-0.2, -0.15) is 0 Å². The van der Waals surface area contributed by atoms with Crippen LogP contribution < -0.4 is 10.5 Å². The van der Waals surface area contributed by atoms with E-state index in [4.69, 9.17) is 5.73 Å². The first kappa shape index (κ1) is 17.9. The Balaban J connectivity index is 1.84. The molecule has 7 heteroatoms. The van der Waals surface area contributed by atoms with E-state index in [-0.39, 0.29) is 29.3 Å². The van der Waals surface area contributed by atoms with Gasteiger partial charge in [-0.3, -0.25) is 4.79 Å². The van der Waals surface area contributed by atoms with Gasteiger partial charge in [0.25, 0.3) is 0 Å². The van der Waals surface area contributed by atoms with Gasteiger partial charge in [-0.1, -0.05) is 17.7 Å². The number of rotatable bonds is 6. The predicted molar refractivity (Wildman–Crippen MR) is 89.3 cm³/mol. The number of nitrogens with zero attached hydrogens (tertiary/aromatic N) is 1. The van der Waals surface area contributed by atoms with Crippen LogP contribution in [0.2, 0.25) is 0 Å². The third kappa shape index (κ3) is 4.76. The van der Waals surface area contributed by atoms with E-state index < -0.39 is 10.0 Å². The highest BCUT2D eigenvalue weighted by atomic mass is 32.2. The SMILES string of the molecule is Cc1ccc(S(=O)(=O)NCCN(C)C(=O)C2CCC(N)C2)cc1. The van der Waals surface area contributed by atoms with E-state index in [2.05, 4.69) is 4.72 Å². The van der Waals surface area contributed by atoms with Crippen molar-refractivity contribution in [3.05, 3.63) is 29.8 Å². The zero-order chi connectivity index (χ0) is 17.0. The third-order valence-corrected chi connectivity index (χ3v) is 5.75. The van der Waals surface area contributed by atoms with Gasteiger partial charge in [-0.05, 0) is 38.3 Å². The number of sulfonamides is 1. The zero-order valence-corrected chi connectivity index (χ0v) is 14.5. The van der Waals surface area contributed by atoms with Crippen LogP contribution in [0.1, 0.15) is 24.8 Å². The summed E-state index contributed by atoms with van der Waals surface area (Å²) in [6.07, 6.45) is 2.42. The first-order valence-corrected chi connectivity index (χ1v) is 9.35. The van der Waals surface area contributed by atoms with Crippen LogP contribution in [0.3, 0.4) is 0 Å². The minimum Gasteiger partial charge on any atom is -0.344 e. The number of likely N-dealkylation sites (N-methyl/N-ethyl adjacent to an activating group) is 1. The molecular weight excluding hydrogens is 314 g/mol. The number of aryl methyl sites for hydroxylation is 1. The molecule has 0 bridgehead atoms. The number of nitrogens with one attached hydrogen (secondary N) is 1. The number of amides is 1. The second-order valence-corrected chi connectivity index (χ2v) is 8.01. The molecular formula is C16H25N3O3S. The van der Waals surface area contributed by atoms with E-state index in [0.717, 1.165) is 24.8 Å². The van der Waals surface area contributed by atoms with Crippen LogP contribution in [0.4, 0.5) is 0 Å². The summed E-state index contributed by atoms with van der Waals surface area (Å²) < 4.78 is 26.9. The van der Waals surface area contributed by atoms with Crippen LogP contribution in [0, 0.1) is 12.8 Å². The molecule has 2 atom stereocenters. The number of benzene rings is 1. The highest BCUT2D eigenvalue weighted by Gasteiger charge is 2.29. The molecule has 0 aromatic heterocycles. The maximum Gasteiger partial charge on any atom is 0.240 e. The van der Waals surface area contributed by atoms with Crippen LogP contribution in [-0.4, -0.2) is 45.4 Å². The molecule has 1 aromatic rings. The van der Waals surface area contributed by atoms with Gasteiger partial charge >= 0.3 is 0 Å². The summed E-state index contributed by atoms with van der Waals surface area (Å²) in [6, 6.07) is 6.78. The zero-order valence-electron chi connectivity index (χ0n) is 13.7. The highest BCUT2D eigenvalue weighted by Crippen LogP contribution is 2.25. The average molecular weight is 339 g/mol. The molecule has 1 aliphatic rings. The number of hydrogen-bond acceptors (Lipinski definition) is 4. The van der Waals surface area contributed by atoms with Crippen LogP contribution in [-0.2, 0) is 14.8 Å². The van der Waals surface area contributed by atoms with Gasteiger partial charge in [0, 0.05) is 32.1 Å². The number of nitrogens with two attached hydrogens (primary N) is 1. The van der Waals surface area contributed by atoms with Gasteiger partial charge in [-0.25, -0.2) is 13.1 Å². The van der Waals surface area contributed by atoms with Gasteiger partial charge in [0.2, 0.25) is 15.9 Å². The van der Waals surface area contributed by atoms with Crippen molar-refractivity contribution in [2.45, 2.75) is 37.1 Å². The fraction of sp³-hybridized carbons (Fsp3) is 0.562. The molecule has 1 saturated carbocycles. The number of hydrogen-bond donors (Lipinski definition) is 2. The Morgan fingerprint density at radius 1 is 1.30 bits per heavy atom. The van der Waals surface area contributed by atoms with Gasteiger partial charge in [0.15, 0.2) is 0 Å². The lowest BCUT2D eigenvalue weighted by atomic mass is 10.1. The van der Waals surface area contributed by atoms with Gasteiger partial charge in [0.1, 0.15) is 0 Å². The molecule has 6 nitrogen and oxygen atoms in total. The molecule has 3 N–H and O–H groups in total. The standard InChI is InChI=1S/C16H25N3O3S/c1-12-3-7-15(8-4-12)23(21,22)18-9-10-19(2)16(20)13-5-6-14(17)11-13/h3-4,7-8,13-14,18H,5-6,9-11,17H2,1-2H3. The Hall–Kier alpha value is -1.44. The molecule has 23 heavy (non-hydrogen) atoms. The minimum atomic E-state index is -3.53. The number of carbonyl (C=O) groups excluding carboxylic acids is 1. The molecule has 0 radical (unpaired) electrons. The van der Waals surface area contributed by atoms with E-state index in [1.165, 1.54) is 0 Å². The summed E-state index contributed by atoms with van der Waals surface area (Å²) in [5.74, 6) is 0.0242. The lowest BCUT2D eigenvalue weighted by Gasteiger charge is -2.21. The van der Waals surface area contributed by atoms with E-state index >= 15 is 0 Å². The molecule has 0 saturated heterocycles. The molecule has 2 rings (SSSR count). The van der Waals surface area contributed by atoms with Gasteiger partial charge < -0.3 is 10.6 Å². The molecule has 1 aliphatic carbocycles. The van der Waals surface area contributed by atoms with Crippen LogP contribution in [0.15, 0.2) is 29.2 Å². The molecule has 128 valence electrons. The van der Waals surface area contributed by atoms with Crippen molar-refractivity contribution in [3.8, 4) is 0 Å². The topological polar surface area (TPSA) is 92.5 Å². The van der Waals surface area contributed by atoms with Crippen molar-refractivity contribution in [3.63, 3.8) is 0 Å². The number of carbonyl (C=O) groups is 1. The largest absolute Gasteiger partial charge is 0.344 e. The van der Waals surface area contributed by atoms with Crippen molar-refractivity contribution in [1.82, 2.24) is 9.62 Å². The third-order valence-electron chi connectivity index (χ3n) is 4.27. The first-order chi connectivity index (χ1) is 10.8. The molecule has 1 aromatic carbocycles. The fourth-order valence-electron chi connectivity index (χ4n) is 2.81.